The second-order valence-corrected chi connectivity index (χ2v) is 5.76. The van der Waals surface area contributed by atoms with Gasteiger partial charge in [-0.2, -0.15) is 0 Å². The van der Waals surface area contributed by atoms with Gasteiger partial charge in [-0.15, -0.1) is 0 Å². The third-order valence-corrected chi connectivity index (χ3v) is 3.82. The van der Waals surface area contributed by atoms with E-state index < -0.39 is 17.9 Å². The van der Waals surface area contributed by atoms with Crippen LogP contribution >= 0.6 is 11.6 Å². The van der Waals surface area contributed by atoms with Crippen LogP contribution in [0, 0.1) is 0 Å². The predicted molar refractivity (Wildman–Crippen MR) is 91.0 cm³/mol. The molecule has 0 bridgehead atoms. The second-order valence-electron chi connectivity index (χ2n) is 5.32. The number of amides is 3. The third-order valence-electron chi connectivity index (χ3n) is 3.57. The van der Waals surface area contributed by atoms with E-state index in [0.29, 0.717) is 22.0 Å². The number of hydrogen-bond donors (Lipinski definition) is 3. The first kappa shape index (κ1) is 16.0. The summed E-state index contributed by atoms with van der Waals surface area (Å²) in [6, 6.07) is 12.3. The number of carbonyl (C=O) groups is 3. The number of carbonyl (C=O) groups excluding carboxylic acids is 3. The fourth-order valence-corrected chi connectivity index (χ4v) is 2.51. The molecule has 122 valence electrons. The Kier molecular flexibility index (Phi) is 4.48. The van der Waals surface area contributed by atoms with E-state index in [-0.39, 0.29) is 12.3 Å². The fraction of sp³-hybridized carbons (Fsp3) is 0.118. The molecule has 7 heteroatoms. The number of anilines is 2. The SMILES string of the molecule is O=C(C[C@@H]1NC(=O)c2ccccc2NC1=O)Nc1ccc(Cl)cc1. The molecule has 0 aromatic heterocycles. The molecule has 0 spiro atoms. The van der Waals surface area contributed by atoms with Crippen molar-refractivity contribution < 1.29 is 14.4 Å². The van der Waals surface area contributed by atoms with E-state index in [1.165, 1.54) is 0 Å². The van der Waals surface area contributed by atoms with Gasteiger partial charge in [-0.1, -0.05) is 23.7 Å². The molecule has 3 amide bonds. The lowest BCUT2D eigenvalue weighted by Gasteiger charge is -2.14. The Bertz CT molecular complexity index is 805. The van der Waals surface area contributed by atoms with Gasteiger partial charge in [0.2, 0.25) is 11.8 Å². The van der Waals surface area contributed by atoms with Gasteiger partial charge in [-0.05, 0) is 36.4 Å². The quantitative estimate of drug-likeness (QED) is 0.799. The van der Waals surface area contributed by atoms with E-state index in [4.69, 9.17) is 11.6 Å². The summed E-state index contributed by atoms with van der Waals surface area (Å²) < 4.78 is 0. The maximum atomic E-state index is 12.2. The standard InChI is InChI=1S/C17H14ClN3O3/c18-10-5-7-11(8-6-10)19-15(22)9-14-17(24)20-13-4-2-1-3-12(13)16(23)21-14/h1-8,14H,9H2,(H,19,22)(H,20,24)(H,21,23)/t14-/m0/s1. The van der Waals surface area contributed by atoms with Crippen LogP contribution in [0.3, 0.4) is 0 Å². The highest BCUT2D eigenvalue weighted by Gasteiger charge is 2.29. The van der Waals surface area contributed by atoms with E-state index in [2.05, 4.69) is 16.0 Å². The number of fused-ring (bicyclic) bond motifs is 1. The lowest BCUT2D eigenvalue weighted by Crippen LogP contribution is -2.43. The minimum absolute atomic E-state index is 0.172. The molecule has 1 aliphatic heterocycles. The van der Waals surface area contributed by atoms with Gasteiger partial charge >= 0.3 is 0 Å². The highest BCUT2D eigenvalue weighted by atomic mass is 35.5. The first-order chi connectivity index (χ1) is 11.5. The third kappa shape index (κ3) is 3.55. The first-order valence-corrected chi connectivity index (χ1v) is 7.67. The van der Waals surface area contributed by atoms with E-state index in [0.717, 1.165) is 0 Å². The van der Waals surface area contributed by atoms with Crippen LogP contribution in [0.15, 0.2) is 48.5 Å². The smallest absolute Gasteiger partial charge is 0.254 e. The zero-order valence-electron chi connectivity index (χ0n) is 12.5. The first-order valence-electron chi connectivity index (χ1n) is 7.29. The number of hydrogen-bond acceptors (Lipinski definition) is 3. The molecule has 3 rings (SSSR count). The topological polar surface area (TPSA) is 87.3 Å². The Hall–Kier alpha value is -2.86. The van der Waals surface area contributed by atoms with Crippen LogP contribution in [0.25, 0.3) is 0 Å². The molecule has 0 saturated carbocycles. The van der Waals surface area contributed by atoms with Gasteiger partial charge in [0.1, 0.15) is 6.04 Å². The molecule has 0 unspecified atom stereocenters. The second kappa shape index (κ2) is 6.72. The number of rotatable bonds is 3. The maximum absolute atomic E-state index is 12.2. The van der Waals surface area contributed by atoms with E-state index in [1.54, 1.807) is 48.5 Å². The molecule has 0 saturated heterocycles. The highest BCUT2D eigenvalue weighted by Crippen LogP contribution is 2.19. The van der Waals surface area contributed by atoms with Crippen molar-refractivity contribution in [2.24, 2.45) is 0 Å². The average molecular weight is 344 g/mol. The molecule has 0 aliphatic carbocycles. The highest BCUT2D eigenvalue weighted by molar-refractivity contribution is 6.30. The Balaban J connectivity index is 1.69. The lowest BCUT2D eigenvalue weighted by atomic mass is 10.1. The summed E-state index contributed by atoms with van der Waals surface area (Å²) in [7, 11) is 0. The van der Waals surface area contributed by atoms with Crippen molar-refractivity contribution in [1.82, 2.24) is 5.32 Å². The number of nitrogens with one attached hydrogen (secondary N) is 3. The summed E-state index contributed by atoms with van der Waals surface area (Å²) in [6.07, 6.45) is -0.172. The number of para-hydroxylation sites is 1. The maximum Gasteiger partial charge on any atom is 0.254 e. The molecule has 3 N–H and O–H groups in total. The molecular weight excluding hydrogens is 330 g/mol. The summed E-state index contributed by atoms with van der Waals surface area (Å²) in [5.41, 5.74) is 1.36. The van der Waals surface area contributed by atoms with Gasteiger partial charge in [0.05, 0.1) is 17.7 Å². The minimum atomic E-state index is -0.947. The zero-order valence-corrected chi connectivity index (χ0v) is 13.3. The Morgan fingerprint density at radius 2 is 1.79 bits per heavy atom. The molecule has 2 aromatic rings. The predicted octanol–water partition coefficient (Wildman–Crippen LogP) is 2.42. The molecule has 0 fully saturated rings. The normalized spacial score (nSPS) is 16.5. The van der Waals surface area contributed by atoms with E-state index in [9.17, 15) is 14.4 Å². The van der Waals surface area contributed by atoms with E-state index >= 15 is 0 Å². The summed E-state index contributed by atoms with van der Waals surface area (Å²) in [5, 5.41) is 8.46. The van der Waals surface area contributed by atoms with Crippen molar-refractivity contribution >= 4 is 40.7 Å². The van der Waals surface area contributed by atoms with Crippen molar-refractivity contribution in [3.8, 4) is 0 Å². The van der Waals surface area contributed by atoms with Crippen LogP contribution in [0.1, 0.15) is 16.8 Å². The molecule has 24 heavy (non-hydrogen) atoms. The molecule has 2 aromatic carbocycles. The summed E-state index contributed by atoms with van der Waals surface area (Å²) >= 11 is 5.79. The molecule has 1 heterocycles. The Labute approximate surface area is 143 Å². The van der Waals surface area contributed by atoms with Crippen LogP contribution in [0.5, 0.6) is 0 Å². The zero-order chi connectivity index (χ0) is 17.1. The number of halogens is 1. The summed E-state index contributed by atoms with van der Waals surface area (Å²) in [4.78, 5) is 36.5. The van der Waals surface area contributed by atoms with Crippen molar-refractivity contribution in [3.63, 3.8) is 0 Å². The lowest BCUT2D eigenvalue weighted by molar-refractivity contribution is -0.122. The van der Waals surface area contributed by atoms with Crippen molar-refractivity contribution in [3.05, 3.63) is 59.1 Å². The molecule has 1 atom stereocenters. The molecule has 6 nitrogen and oxygen atoms in total. The average Bonchev–Trinajstić information content (AvgIpc) is 2.67. The van der Waals surface area contributed by atoms with Crippen LogP contribution < -0.4 is 16.0 Å². The van der Waals surface area contributed by atoms with Gasteiger partial charge in [-0.3, -0.25) is 14.4 Å². The fourth-order valence-electron chi connectivity index (χ4n) is 2.39. The van der Waals surface area contributed by atoms with Gasteiger partial charge < -0.3 is 16.0 Å². The molecular formula is C17H14ClN3O3. The van der Waals surface area contributed by atoms with Gasteiger partial charge in [0, 0.05) is 10.7 Å². The Morgan fingerprint density at radius 3 is 2.54 bits per heavy atom. The summed E-state index contributed by atoms with van der Waals surface area (Å²) in [5.74, 6) is -1.21. The van der Waals surface area contributed by atoms with Crippen LogP contribution in [0.4, 0.5) is 11.4 Å². The van der Waals surface area contributed by atoms with Gasteiger partial charge in [0.15, 0.2) is 0 Å². The summed E-state index contributed by atoms with van der Waals surface area (Å²) in [6.45, 7) is 0. The minimum Gasteiger partial charge on any atom is -0.340 e. The van der Waals surface area contributed by atoms with Crippen molar-refractivity contribution in [2.75, 3.05) is 10.6 Å². The van der Waals surface area contributed by atoms with E-state index in [1.807, 2.05) is 0 Å². The van der Waals surface area contributed by atoms with Crippen LogP contribution in [-0.4, -0.2) is 23.8 Å². The van der Waals surface area contributed by atoms with Gasteiger partial charge in [0.25, 0.3) is 5.91 Å². The molecule has 1 aliphatic rings. The monoisotopic (exact) mass is 343 g/mol. The van der Waals surface area contributed by atoms with Crippen LogP contribution in [-0.2, 0) is 9.59 Å². The van der Waals surface area contributed by atoms with Gasteiger partial charge in [-0.25, -0.2) is 0 Å². The number of benzene rings is 2. The van der Waals surface area contributed by atoms with Crippen molar-refractivity contribution in [1.29, 1.82) is 0 Å². The van der Waals surface area contributed by atoms with Crippen molar-refractivity contribution in [2.45, 2.75) is 12.5 Å². The Morgan fingerprint density at radius 1 is 1.08 bits per heavy atom. The largest absolute Gasteiger partial charge is 0.340 e. The molecule has 0 radical (unpaired) electrons. The van der Waals surface area contributed by atoms with Crippen LogP contribution in [0.2, 0.25) is 5.02 Å².